The predicted octanol–water partition coefficient (Wildman–Crippen LogP) is 4.76. The summed E-state index contributed by atoms with van der Waals surface area (Å²) in [6.45, 7) is 14.1. The lowest BCUT2D eigenvalue weighted by Crippen LogP contribution is -2.42. The molecule has 1 aromatic rings. The maximum absolute atomic E-state index is 4.64. The normalized spacial score (nSPS) is 13.7. The molecule has 23 heavy (non-hydrogen) atoms. The number of guanidine groups is 1. The zero-order valence-electron chi connectivity index (χ0n) is 15.6. The van der Waals surface area contributed by atoms with Crippen molar-refractivity contribution in [3.63, 3.8) is 0 Å². The molecular formula is C17H33IN4S. The highest BCUT2D eigenvalue weighted by molar-refractivity contribution is 14.0. The average Bonchev–Trinajstić information content (AvgIpc) is 2.89. The Kier molecular flexibility index (Phi) is 10.3. The van der Waals surface area contributed by atoms with Crippen LogP contribution in [0, 0.1) is 5.41 Å². The molecule has 0 aliphatic rings. The molecular weight excluding hydrogens is 419 g/mol. The molecule has 1 atom stereocenters. The molecule has 1 unspecified atom stereocenters. The predicted molar refractivity (Wildman–Crippen MR) is 113 cm³/mol. The summed E-state index contributed by atoms with van der Waals surface area (Å²) in [4.78, 5) is 8.94. The molecule has 0 saturated heterocycles. The van der Waals surface area contributed by atoms with Gasteiger partial charge >= 0.3 is 0 Å². The summed E-state index contributed by atoms with van der Waals surface area (Å²) in [5.74, 6) is 1.34. The Morgan fingerprint density at radius 1 is 1.30 bits per heavy atom. The molecule has 6 heteroatoms. The summed E-state index contributed by atoms with van der Waals surface area (Å²) >= 11 is 1.73. The number of aromatic nitrogens is 1. The molecule has 0 bridgehead atoms. The molecule has 0 radical (unpaired) electrons. The van der Waals surface area contributed by atoms with Crippen LogP contribution in [-0.2, 0) is 6.54 Å². The van der Waals surface area contributed by atoms with Crippen LogP contribution in [-0.4, -0.2) is 24.0 Å². The number of thiazole rings is 1. The molecule has 134 valence electrons. The van der Waals surface area contributed by atoms with Crippen LogP contribution in [0.4, 0.5) is 0 Å². The lowest BCUT2D eigenvalue weighted by atomic mass is 9.89. The number of hydrogen-bond donors (Lipinski definition) is 2. The van der Waals surface area contributed by atoms with Gasteiger partial charge in [-0.25, -0.2) is 4.98 Å². The van der Waals surface area contributed by atoms with Gasteiger partial charge in [0.1, 0.15) is 0 Å². The molecule has 0 aliphatic carbocycles. The molecule has 4 nitrogen and oxygen atoms in total. The molecule has 0 fully saturated rings. The van der Waals surface area contributed by atoms with Crippen LogP contribution < -0.4 is 10.6 Å². The van der Waals surface area contributed by atoms with Gasteiger partial charge in [-0.1, -0.05) is 34.6 Å². The SMILES string of the molecule is CN=C(NCc1csc(C(C)C)n1)NC(C)CCC(C)(C)C.I. The fraction of sp³-hybridized carbons (Fsp3) is 0.765. The van der Waals surface area contributed by atoms with Crippen molar-refractivity contribution >= 4 is 41.3 Å². The van der Waals surface area contributed by atoms with Crippen LogP contribution in [0.1, 0.15) is 71.0 Å². The van der Waals surface area contributed by atoms with E-state index in [-0.39, 0.29) is 24.0 Å². The van der Waals surface area contributed by atoms with Crippen LogP contribution in [0.5, 0.6) is 0 Å². The number of hydrogen-bond acceptors (Lipinski definition) is 3. The first-order valence-corrected chi connectivity index (χ1v) is 9.00. The number of aliphatic imine (C=N–C) groups is 1. The van der Waals surface area contributed by atoms with Crippen molar-refractivity contribution in [3.05, 3.63) is 16.1 Å². The van der Waals surface area contributed by atoms with Crippen LogP contribution in [0.25, 0.3) is 0 Å². The third-order valence-electron chi connectivity index (χ3n) is 3.43. The third-order valence-corrected chi connectivity index (χ3v) is 4.63. The van der Waals surface area contributed by atoms with Gasteiger partial charge in [0.25, 0.3) is 0 Å². The number of halogens is 1. The molecule has 1 heterocycles. The van der Waals surface area contributed by atoms with Crippen LogP contribution in [0.3, 0.4) is 0 Å². The lowest BCUT2D eigenvalue weighted by Gasteiger charge is -2.23. The van der Waals surface area contributed by atoms with Gasteiger partial charge < -0.3 is 10.6 Å². The topological polar surface area (TPSA) is 49.3 Å². The summed E-state index contributed by atoms with van der Waals surface area (Å²) < 4.78 is 0. The first-order valence-electron chi connectivity index (χ1n) is 8.12. The van der Waals surface area contributed by atoms with Crippen molar-refractivity contribution in [2.24, 2.45) is 10.4 Å². The van der Waals surface area contributed by atoms with E-state index in [4.69, 9.17) is 0 Å². The summed E-state index contributed by atoms with van der Waals surface area (Å²) in [6, 6.07) is 0.409. The van der Waals surface area contributed by atoms with Crippen LogP contribution in [0.15, 0.2) is 10.4 Å². The number of rotatable bonds is 6. The lowest BCUT2D eigenvalue weighted by molar-refractivity contribution is 0.346. The van der Waals surface area contributed by atoms with E-state index in [1.807, 2.05) is 7.05 Å². The highest BCUT2D eigenvalue weighted by Gasteiger charge is 2.13. The quantitative estimate of drug-likeness (QED) is 0.372. The van der Waals surface area contributed by atoms with Crippen molar-refractivity contribution in [1.29, 1.82) is 0 Å². The Morgan fingerprint density at radius 2 is 1.96 bits per heavy atom. The van der Waals surface area contributed by atoms with E-state index in [9.17, 15) is 0 Å². The smallest absolute Gasteiger partial charge is 0.191 e. The van der Waals surface area contributed by atoms with Crippen molar-refractivity contribution in [2.45, 2.75) is 72.9 Å². The standard InChI is InChI=1S/C17H32N4S.HI/c1-12(2)15-21-14(11-22-15)10-19-16(18-7)20-13(3)8-9-17(4,5)6;/h11-13H,8-10H2,1-7H3,(H2,18,19,20);1H. The fourth-order valence-corrected chi connectivity index (χ4v) is 2.83. The minimum absolute atomic E-state index is 0. The van der Waals surface area contributed by atoms with Gasteiger partial charge in [0.15, 0.2) is 5.96 Å². The Hall–Kier alpha value is -0.370. The Bertz CT molecular complexity index is 477. The fourth-order valence-electron chi connectivity index (χ4n) is 1.99. The van der Waals surface area contributed by atoms with Crippen molar-refractivity contribution in [3.8, 4) is 0 Å². The largest absolute Gasteiger partial charge is 0.354 e. The molecule has 0 aromatic carbocycles. The van der Waals surface area contributed by atoms with Gasteiger partial charge in [0, 0.05) is 24.4 Å². The third kappa shape index (κ3) is 9.49. The molecule has 1 aromatic heterocycles. The highest BCUT2D eigenvalue weighted by atomic mass is 127. The zero-order valence-corrected chi connectivity index (χ0v) is 18.7. The summed E-state index contributed by atoms with van der Waals surface area (Å²) in [5, 5.41) is 10.1. The first-order chi connectivity index (χ1) is 10.2. The van der Waals surface area contributed by atoms with E-state index >= 15 is 0 Å². The molecule has 0 saturated carbocycles. The molecule has 2 N–H and O–H groups in total. The second kappa shape index (κ2) is 10.5. The van der Waals surface area contributed by atoms with Gasteiger partial charge in [-0.2, -0.15) is 0 Å². The highest BCUT2D eigenvalue weighted by Crippen LogP contribution is 2.21. The minimum atomic E-state index is 0. The van der Waals surface area contributed by atoms with Gasteiger partial charge in [-0.3, -0.25) is 4.99 Å². The number of nitrogens with one attached hydrogen (secondary N) is 2. The average molecular weight is 452 g/mol. The van der Waals surface area contributed by atoms with Gasteiger partial charge in [-0.05, 0) is 25.2 Å². The Morgan fingerprint density at radius 3 is 2.43 bits per heavy atom. The van der Waals surface area contributed by atoms with Crippen molar-refractivity contribution in [1.82, 2.24) is 15.6 Å². The van der Waals surface area contributed by atoms with Crippen molar-refractivity contribution < 1.29 is 0 Å². The summed E-state index contributed by atoms with van der Waals surface area (Å²) in [5.41, 5.74) is 1.46. The van der Waals surface area contributed by atoms with E-state index in [0.717, 1.165) is 24.6 Å². The summed E-state index contributed by atoms with van der Waals surface area (Å²) in [6.07, 6.45) is 2.33. The van der Waals surface area contributed by atoms with Gasteiger partial charge in [0.05, 0.1) is 17.2 Å². The molecule has 0 spiro atoms. The van der Waals surface area contributed by atoms with E-state index in [2.05, 4.69) is 67.5 Å². The first kappa shape index (κ1) is 22.6. The minimum Gasteiger partial charge on any atom is -0.354 e. The second-order valence-corrected chi connectivity index (χ2v) is 8.29. The van der Waals surface area contributed by atoms with E-state index < -0.39 is 0 Å². The Balaban J connectivity index is 0.00000484. The molecule has 0 aliphatic heterocycles. The van der Waals surface area contributed by atoms with Crippen LogP contribution >= 0.6 is 35.3 Å². The van der Waals surface area contributed by atoms with E-state index in [1.165, 1.54) is 11.4 Å². The van der Waals surface area contributed by atoms with Crippen LogP contribution in [0.2, 0.25) is 0 Å². The Labute approximate surface area is 163 Å². The zero-order chi connectivity index (χ0) is 16.8. The molecule has 1 rings (SSSR count). The molecule has 0 amide bonds. The van der Waals surface area contributed by atoms with E-state index in [0.29, 0.717) is 17.4 Å². The van der Waals surface area contributed by atoms with Crippen molar-refractivity contribution in [2.75, 3.05) is 7.05 Å². The number of nitrogens with zero attached hydrogens (tertiary/aromatic N) is 2. The monoisotopic (exact) mass is 452 g/mol. The second-order valence-electron chi connectivity index (χ2n) is 7.40. The maximum Gasteiger partial charge on any atom is 0.191 e. The van der Waals surface area contributed by atoms with Gasteiger partial charge in [-0.15, -0.1) is 35.3 Å². The van der Waals surface area contributed by atoms with Gasteiger partial charge in [0.2, 0.25) is 0 Å². The maximum atomic E-state index is 4.64. The summed E-state index contributed by atoms with van der Waals surface area (Å²) in [7, 11) is 1.81. The van der Waals surface area contributed by atoms with E-state index in [1.54, 1.807) is 11.3 Å².